The Morgan fingerprint density at radius 1 is 1.27 bits per heavy atom. The highest BCUT2D eigenvalue weighted by atomic mass is 79.9. The SMILES string of the molecule is OCC(O)CNCCc1ccc(Br)cc1. The van der Waals surface area contributed by atoms with Gasteiger partial charge in [-0.2, -0.15) is 0 Å². The van der Waals surface area contributed by atoms with Crippen molar-refractivity contribution in [2.75, 3.05) is 19.7 Å². The monoisotopic (exact) mass is 273 g/mol. The van der Waals surface area contributed by atoms with E-state index in [0.717, 1.165) is 17.4 Å². The smallest absolute Gasteiger partial charge is 0.0894 e. The second-order valence-corrected chi connectivity index (χ2v) is 4.33. The van der Waals surface area contributed by atoms with E-state index in [1.54, 1.807) is 0 Å². The zero-order chi connectivity index (χ0) is 11.1. The van der Waals surface area contributed by atoms with Gasteiger partial charge in [-0.1, -0.05) is 28.1 Å². The van der Waals surface area contributed by atoms with Gasteiger partial charge in [-0.3, -0.25) is 0 Å². The van der Waals surface area contributed by atoms with Crippen LogP contribution in [0.15, 0.2) is 28.7 Å². The largest absolute Gasteiger partial charge is 0.394 e. The van der Waals surface area contributed by atoms with Gasteiger partial charge in [0.05, 0.1) is 12.7 Å². The van der Waals surface area contributed by atoms with Crippen LogP contribution in [0.25, 0.3) is 0 Å². The first kappa shape index (κ1) is 12.6. The summed E-state index contributed by atoms with van der Waals surface area (Å²) in [4.78, 5) is 0. The molecular formula is C11H16BrNO2. The van der Waals surface area contributed by atoms with E-state index in [0.29, 0.717) is 6.54 Å². The molecule has 1 rings (SSSR count). The molecule has 0 amide bonds. The van der Waals surface area contributed by atoms with Crippen molar-refractivity contribution in [1.82, 2.24) is 5.32 Å². The van der Waals surface area contributed by atoms with Crippen molar-refractivity contribution >= 4 is 15.9 Å². The molecule has 1 atom stereocenters. The Labute approximate surface area is 98.3 Å². The number of benzene rings is 1. The number of hydrogen-bond acceptors (Lipinski definition) is 3. The summed E-state index contributed by atoms with van der Waals surface area (Å²) < 4.78 is 1.08. The third-order valence-corrected chi connectivity index (χ3v) is 2.62. The lowest BCUT2D eigenvalue weighted by atomic mass is 10.1. The Balaban J connectivity index is 2.17. The second-order valence-electron chi connectivity index (χ2n) is 3.42. The Hall–Kier alpha value is -0.420. The predicted octanol–water partition coefficient (Wildman–Crippen LogP) is 0.934. The van der Waals surface area contributed by atoms with Gasteiger partial charge in [-0.05, 0) is 30.7 Å². The molecule has 0 saturated heterocycles. The Morgan fingerprint density at radius 3 is 2.53 bits per heavy atom. The number of nitrogens with one attached hydrogen (secondary N) is 1. The summed E-state index contributed by atoms with van der Waals surface area (Å²) in [6.45, 7) is 1.05. The van der Waals surface area contributed by atoms with Gasteiger partial charge in [0.25, 0.3) is 0 Å². The van der Waals surface area contributed by atoms with E-state index in [1.807, 2.05) is 12.1 Å². The standard InChI is InChI=1S/C11H16BrNO2/c12-10-3-1-9(2-4-10)5-6-13-7-11(15)8-14/h1-4,11,13-15H,5-8H2. The van der Waals surface area contributed by atoms with Gasteiger partial charge in [-0.25, -0.2) is 0 Å². The molecule has 0 saturated carbocycles. The van der Waals surface area contributed by atoms with Crippen molar-refractivity contribution in [2.45, 2.75) is 12.5 Å². The molecular weight excluding hydrogens is 258 g/mol. The zero-order valence-electron chi connectivity index (χ0n) is 8.49. The lowest BCUT2D eigenvalue weighted by Crippen LogP contribution is -2.30. The Bertz CT molecular complexity index is 276. The molecule has 0 aliphatic heterocycles. The van der Waals surface area contributed by atoms with Crippen LogP contribution >= 0.6 is 15.9 Å². The molecule has 0 spiro atoms. The normalized spacial score (nSPS) is 12.7. The van der Waals surface area contributed by atoms with E-state index in [9.17, 15) is 0 Å². The van der Waals surface area contributed by atoms with Crippen LogP contribution in [0.2, 0.25) is 0 Å². The topological polar surface area (TPSA) is 52.5 Å². The molecule has 3 N–H and O–H groups in total. The first-order valence-electron chi connectivity index (χ1n) is 4.96. The van der Waals surface area contributed by atoms with Gasteiger partial charge in [0.15, 0.2) is 0 Å². The van der Waals surface area contributed by atoms with Crippen LogP contribution in [0.1, 0.15) is 5.56 Å². The highest BCUT2D eigenvalue weighted by Gasteiger charge is 1.99. The molecule has 0 aliphatic rings. The van der Waals surface area contributed by atoms with Gasteiger partial charge in [0, 0.05) is 11.0 Å². The van der Waals surface area contributed by atoms with Gasteiger partial charge >= 0.3 is 0 Å². The number of aliphatic hydroxyl groups excluding tert-OH is 2. The molecule has 0 heterocycles. The van der Waals surface area contributed by atoms with Crippen molar-refractivity contribution in [3.05, 3.63) is 34.3 Å². The summed E-state index contributed by atoms with van der Waals surface area (Å²) >= 11 is 3.38. The van der Waals surface area contributed by atoms with Crippen LogP contribution in [-0.2, 0) is 6.42 Å². The minimum atomic E-state index is -0.657. The van der Waals surface area contributed by atoms with Crippen molar-refractivity contribution in [2.24, 2.45) is 0 Å². The second kappa shape index (κ2) is 6.95. The maximum absolute atomic E-state index is 9.07. The minimum Gasteiger partial charge on any atom is -0.394 e. The van der Waals surface area contributed by atoms with Crippen LogP contribution in [0.4, 0.5) is 0 Å². The number of rotatable bonds is 6. The fourth-order valence-electron chi connectivity index (χ4n) is 1.22. The van der Waals surface area contributed by atoms with E-state index in [2.05, 4.69) is 33.4 Å². The molecule has 0 fully saturated rings. The summed E-state index contributed by atoms with van der Waals surface area (Å²) in [5.74, 6) is 0. The number of aliphatic hydroxyl groups is 2. The van der Waals surface area contributed by atoms with E-state index in [4.69, 9.17) is 10.2 Å². The molecule has 1 aromatic rings. The third kappa shape index (κ3) is 5.28. The van der Waals surface area contributed by atoms with Crippen LogP contribution < -0.4 is 5.32 Å². The molecule has 1 aromatic carbocycles. The van der Waals surface area contributed by atoms with E-state index < -0.39 is 6.10 Å². The van der Waals surface area contributed by atoms with Gasteiger partial charge in [0.2, 0.25) is 0 Å². The minimum absolute atomic E-state index is 0.189. The molecule has 3 nitrogen and oxygen atoms in total. The van der Waals surface area contributed by atoms with E-state index in [-0.39, 0.29) is 6.61 Å². The van der Waals surface area contributed by atoms with Gasteiger partial charge in [-0.15, -0.1) is 0 Å². The number of hydrogen-bond donors (Lipinski definition) is 3. The van der Waals surface area contributed by atoms with Crippen molar-refractivity contribution in [3.8, 4) is 0 Å². The Kier molecular flexibility index (Phi) is 5.86. The van der Waals surface area contributed by atoms with Gasteiger partial charge < -0.3 is 15.5 Å². The van der Waals surface area contributed by atoms with Crippen molar-refractivity contribution in [1.29, 1.82) is 0 Å². The van der Waals surface area contributed by atoms with Crippen LogP contribution in [-0.4, -0.2) is 36.0 Å². The fourth-order valence-corrected chi connectivity index (χ4v) is 1.48. The lowest BCUT2D eigenvalue weighted by Gasteiger charge is -2.08. The molecule has 0 radical (unpaired) electrons. The first-order valence-corrected chi connectivity index (χ1v) is 5.75. The predicted molar refractivity (Wildman–Crippen MR) is 63.8 cm³/mol. The molecule has 4 heteroatoms. The zero-order valence-corrected chi connectivity index (χ0v) is 10.1. The van der Waals surface area contributed by atoms with Crippen molar-refractivity contribution < 1.29 is 10.2 Å². The third-order valence-electron chi connectivity index (χ3n) is 2.09. The average Bonchev–Trinajstić information content (AvgIpc) is 2.26. The molecule has 0 bridgehead atoms. The summed E-state index contributed by atoms with van der Waals surface area (Å²) in [7, 11) is 0. The molecule has 0 aliphatic carbocycles. The maximum atomic E-state index is 9.07. The molecule has 15 heavy (non-hydrogen) atoms. The summed E-state index contributed by atoms with van der Waals surface area (Å²) in [5.41, 5.74) is 1.25. The van der Waals surface area contributed by atoms with Crippen LogP contribution in [0, 0.1) is 0 Å². The summed E-state index contributed by atoms with van der Waals surface area (Å²) in [6.07, 6.45) is 0.265. The molecule has 1 unspecified atom stereocenters. The first-order chi connectivity index (χ1) is 7.22. The summed E-state index contributed by atoms with van der Waals surface area (Å²) in [5, 5.41) is 20.7. The fraction of sp³-hybridized carbons (Fsp3) is 0.455. The van der Waals surface area contributed by atoms with E-state index >= 15 is 0 Å². The molecule has 84 valence electrons. The molecule has 0 aromatic heterocycles. The quantitative estimate of drug-likeness (QED) is 0.677. The van der Waals surface area contributed by atoms with E-state index in [1.165, 1.54) is 5.56 Å². The highest BCUT2D eigenvalue weighted by Crippen LogP contribution is 2.10. The average molecular weight is 274 g/mol. The Morgan fingerprint density at radius 2 is 1.93 bits per heavy atom. The van der Waals surface area contributed by atoms with Crippen LogP contribution in [0.3, 0.4) is 0 Å². The van der Waals surface area contributed by atoms with Gasteiger partial charge in [0.1, 0.15) is 0 Å². The van der Waals surface area contributed by atoms with Crippen LogP contribution in [0.5, 0.6) is 0 Å². The lowest BCUT2D eigenvalue weighted by molar-refractivity contribution is 0.0947. The highest BCUT2D eigenvalue weighted by molar-refractivity contribution is 9.10. The van der Waals surface area contributed by atoms with Crippen molar-refractivity contribution in [3.63, 3.8) is 0 Å². The summed E-state index contributed by atoms with van der Waals surface area (Å²) in [6, 6.07) is 8.15. The number of halogens is 1. The maximum Gasteiger partial charge on any atom is 0.0894 e.